The van der Waals surface area contributed by atoms with Gasteiger partial charge in [-0.25, -0.2) is 0 Å². The van der Waals surface area contributed by atoms with Gasteiger partial charge in [-0.3, -0.25) is 0 Å². The first-order chi connectivity index (χ1) is 8.55. The van der Waals surface area contributed by atoms with Crippen LogP contribution < -0.4 is 4.74 Å². The van der Waals surface area contributed by atoms with E-state index in [0.717, 1.165) is 12.1 Å². The van der Waals surface area contributed by atoms with Crippen LogP contribution in [-0.2, 0) is 5.92 Å². The Bertz CT molecular complexity index is 528. The molecular formula is C13H11F5O. The maximum absolute atomic E-state index is 13.4. The standard InChI is InChI=1S/C13H11F5O/c1-11(2)7-6-8-9(4-3-5-10(8)19-11)12(14,15)13(16,17)18/h3-7H,1-2H3. The van der Waals surface area contributed by atoms with Crippen molar-refractivity contribution in [2.45, 2.75) is 31.5 Å². The molecule has 2 rings (SSSR count). The molecule has 0 saturated heterocycles. The number of hydrogen-bond acceptors (Lipinski definition) is 1. The summed E-state index contributed by atoms with van der Waals surface area (Å²) in [6.45, 7) is 3.36. The van der Waals surface area contributed by atoms with Crippen LogP contribution in [0, 0.1) is 0 Å². The quantitative estimate of drug-likeness (QED) is 0.686. The third-order valence-corrected chi connectivity index (χ3v) is 2.78. The Hall–Kier alpha value is -1.59. The Morgan fingerprint density at radius 3 is 2.26 bits per heavy atom. The smallest absolute Gasteiger partial charge is 0.458 e. The van der Waals surface area contributed by atoms with Crippen molar-refractivity contribution >= 4 is 6.08 Å². The lowest BCUT2D eigenvalue weighted by Crippen LogP contribution is -2.35. The lowest BCUT2D eigenvalue weighted by atomic mass is 9.95. The second kappa shape index (κ2) is 3.95. The first kappa shape index (κ1) is 13.8. The minimum absolute atomic E-state index is 0.0222. The first-order valence-electron chi connectivity index (χ1n) is 5.51. The zero-order valence-corrected chi connectivity index (χ0v) is 10.2. The molecule has 1 aromatic rings. The molecule has 0 unspecified atom stereocenters. The van der Waals surface area contributed by atoms with E-state index < -0.39 is 23.3 Å². The van der Waals surface area contributed by atoms with Crippen LogP contribution in [0.5, 0.6) is 5.75 Å². The van der Waals surface area contributed by atoms with Crippen molar-refractivity contribution in [3.8, 4) is 5.75 Å². The molecule has 1 aliphatic heterocycles. The van der Waals surface area contributed by atoms with Gasteiger partial charge in [0.1, 0.15) is 11.4 Å². The van der Waals surface area contributed by atoms with Crippen LogP contribution in [0.1, 0.15) is 25.0 Å². The number of hydrogen-bond donors (Lipinski definition) is 0. The topological polar surface area (TPSA) is 9.23 Å². The highest BCUT2D eigenvalue weighted by Gasteiger charge is 2.59. The molecule has 0 radical (unpaired) electrons. The van der Waals surface area contributed by atoms with Crippen LogP contribution in [0.2, 0.25) is 0 Å². The minimum Gasteiger partial charge on any atom is -0.483 e. The lowest BCUT2D eigenvalue weighted by molar-refractivity contribution is -0.289. The highest BCUT2D eigenvalue weighted by atomic mass is 19.4. The molecule has 0 amide bonds. The van der Waals surface area contributed by atoms with Gasteiger partial charge in [0.15, 0.2) is 0 Å². The average molecular weight is 278 g/mol. The van der Waals surface area contributed by atoms with Gasteiger partial charge in [-0.1, -0.05) is 18.2 Å². The molecule has 0 saturated carbocycles. The van der Waals surface area contributed by atoms with Crippen molar-refractivity contribution in [3.63, 3.8) is 0 Å². The van der Waals surface area contributed by atoms with Gasteiger partial charge in [0.2, 0.25) is 0 Å². The Morgan fingerprint density at radius 1 is 1.05 bits per heavy atom. The summed E-state index contributed by atoms with van der Waals surface area (Å²) in [6.07, 6.45) is -2.94. The molecule has 0 N–H and O–H groups in total. The Labute approximate surface area is 106 Å². The largest absolute Gasteiger partial charge is 0.483 e. The van der Waals surface area contributed by atoms with Gasteiger partial charge in [-0.15, -0.1) is 0 Å². The van der Waals surface area contributed by atoms with E-state index in [2.05, 4.69) is 0 Å². The number of rotatable bonds is 1. The molecule has 1 heterocycles. The van der Waals surface area contributed by atoms with Crippen molar-refractivity contribution in [1.29, 1.82) is 0 Å². The Balaban J connectivity index is 2.58. The van der Waals surface area contributed by atoms with Gasteiger partial charge in [0, 0.05) is 11.1 Å². The SMILES string of the molecule is CC1(C)C=Cc2c(cccc2C(F)(F)C(F)(F)F)O1. The monoisotopic (exact) mass is 278 g/mol. The lowest BCUT2D eigenvalue weighted by Gasteiger charge is -2.30. The van der Waals surface area contributed by atoms with E-state index in [4.69, 9.17) is 4.74 Å². The summed E-state index contributed by atoms with van der Waals surface area (Å²) in [7, 11) is 0. The zero-order valence-electron chi connectivity index (χ0n) is 10.2. The van der Waals surface area contributed by atoms with E-state index in [1.807, 2.05) is 0 Å². The summed E-state index contributed by atoms with van der Waals surface area (Å²) in [5.41, 5.74) is -2.06. The number of ether oxygens (including phenoxy) is 1. The fourth-order valence-electron chi connectivity index (χ4n) is 1.83. The molecule has 0 bridgehead atoms. The summed E-state index contributed by atoms with van der Waals surface area (Å²) in [4.78, 5) is 0. The van der Waals surface area contributed by atoms with E-state index >= 15 is 0 Å². The second-order valence-corrected chi connectivity index (χ2v) is 4.83. The van der Waals surface area contributed by atoms with Crippen molar-refractivity contribution in [3.05, 3.63) is 35.4 Å². The van der Waals surface area contributed by atoms with Crippen LogP contribution in [0.15, 0.2) is 24.3 Å². The molecule has 1 nitrogen and oxygen atoms in total. The number of benzene rings is 1. The molecule has 104 valence electrons. The van der Waals surface area contributed by atoms with Crippen molar-refractivity contribution in [2.75, 3.05) is 0 Å². The highest BCUT2D eigenvalue weighted by molar-refractivity contribution is 5.65. The third kappa shape index (κ3) is 2.31. The molecule has 0 fully saturated rings. The van der Waals surface area contributed by atoms with Gasteiger partial charge < -0.3 is 4.74 Å². The van der Waals surface area contributed by atoms with Gasteiger partial charge in [0.05, 0.1) is 0 Å². The summed E-state index contributed by atoms with van der Waals surface area (Å²) in [5, 5.41) is 0. The summed E-state index contributed by atoms with van der Waals surface area (Å²) < 4.78 is 69.5. The molecule has 19 heavy (non-hydrogen) atoms. The van der Waals surface area contributed by atoms with Gasteiger partial charge >= 0.3 is 12.1 Å². The first-order valence-corrected chi connectivity index (χ1v) is 5.51. The van der Waals surface area contributed by atoms with E-state index in [9.17, 15) is 22.0 Å². The van der Waals surface area contributed by atoms with Crippen LogP contribution in [0.3, 0.4) is 0 Å². The van der Waals surface area contributed by atoms with Gasteiger partial charge in [-0.2, -0.15) is 22.0 Å². The molecule has 6 heteroatoms. The predicted octanol–water partition coefficient (Wildman–Crippen LogP) is 4.52. The molecule has 1 aromatic carbocycles. The maximum Gasteiger partial charge on any atom is 0.458 e. The molecule has 0 aliphatic carbocycles. The fraction of sp³-hybridized carbons (Fsp3) is 0.385. The summed E-state index contributed by atoms with van der Waals surface area (Å²) >= 11 is 0. The molecule has 0 spiro atoms. The maximum atomic E-state index is 13.4. The predicted molar refractivity (Wildman–Crippen MR) is 60.1 cm³/mol. The van der Waals surface area contributed by atoms with Crippen molar-refractivity contribution in [1.82, 2.24) is 0 Å². The number of alkyl halides is 5. The van der Waals surface area contributed by atoms with E-state index in [1.54, 1.807) is 13.8 Å². The Kier molecular flexibility index (Phi) is 2.88. The van der Waals surface area contributed by atoms with E-state index in [1.165, 1.54) is 18.2 Å². The normalized spacial score (nSPS) is 17.8. The van der Waals surface area contributed by atoms with E-state index in [-0.39, 0.29) is 11.3 Å². The minimum atomic E-state index is -5.64. The summed E-state index contributed by atoms with van der Waals surface area (Å²) in [5.74, 6) is -4.89. The van der Waals surface area contributed by atoms with Crippen LogP contribution >= 0.6 is 0 Å². The van der Waals surface area contributed by atoms with Crippen LogP contribution in [-0.4, -0.2) is 11.8 Å². The van der Waals surface area contributed by atoms with Crippen LogP contribution in [0.4, 0.5) is 22.0 Å². The van der Waals surface area contributed by atoms with Crippen molar-refractivity contribution in [2.24, 2.45) is 0 Å². The molecule has 0 atom stereocenters. The highest BCUT2D eigenvalue weighted by Crippen LogP contribution is 2.47. The van der Waals surface area contributed by atoms with Gasteiger partial charge in [-0.05, 0) is 26.0 Å². The molecular weight excluding hydrogens is 267 g/mol. The number of fused-ring (bicyclic) bond motifs is 1. The summed E-state index contributed by atoms with van der Waals surface area (Å²) in [6, 6.07) is 3.26. The number of halogens is 5. The zero-order chi connectivity index (χ0) is 14.5. The van der Waals surface area contributed by atoms with Gasteiger partial charge in [0.25, 0.3) is 0 Å². The van der Waals surface area contributed by atoms with E-state index in [0.29, 0.717) is 0 Å². The van der Waals surface area contributed by atoms with Crippen molar-refractivity contribution < 1.29 is 26.7 Å². The Morgan fingerprint density at radius 2 is 1.68 bits per heavy atom. The average Bonchev–Trinajstić information content (AvgIpc) is 2.25. The second-order valence-electron chi connectivity index (χ2n) is 4.83. The van der Waals surface area contributed by atoms with Crippen LogP contribution in [0.25, 0.3) is 6.08 Å². The third-order valence-electron chi connectivity index (χ3n) is 2.78. The molecule has 0 aromatic heterocycles. The fourth-order valence-corrected chi connectivity index (χ4v) is 1.83. The molecule has 1 aliphatic rings.